The van der Waals surface area contributed by atoms with Crippen molar-refractivity contribution in [2.75, 3.05) is 11.1 Å². The third kappa shape index (κ3) is 2.18. The van der Waals surface area contributed by atoms with E-state index in [0.29, 0.717) is 33.5 Å². The number of carbonyl (C=O) groups is 1. The van der Waals surface area contributed by atoms with Gasteiger partial charge in [-0.2, -0.15) is 5.10 Å². The maximum absolute atomic E-state index is 13.2. The quantitative estimate of drug-likeness (QED) is 0.451. The molecule has 0 radical (unpaired) electrons. The fourth-order valence-corrected chi connectivity index (χ4v) is 4.40. The molecule has 152 valence electrons. The van der Waals surface area contributed by atoms with Crippen molar-refractivity contribution in [1.82, 2.24) is 19.3 Å². The van der Waals surface area contributed by atoms with Crippen LogP contribution in [0.3, 0.4) is 0 Å². The topological polar surface area (TPSA) is 111 Å². The molecule has 8 nitrogen and oxygen atoms in total. The summed E-state index contributed by atoms with van der Waals surface area (Å²) in [6.45, 7) is 7.68. The first-order valence-electron chi connectivity index (χ1n) is 9.66. The van der Waals surface area contributed by atoms with Gasteiger partial charge in [-0.1, -0.05) is 6.07 Å². The molecule has 5 rings (SSSR count). The molecule has 8 heteroatoms. The molecule has 1 aromatic carbocycles. The molecule has 4 heterocycles. The fraction of sp³-hybridized carbons (Fsp3) is 0.227. The van der Waals surface area contributed by atoms with Crippen molar-refractivity contribution in [3.63, 3.8) is 0 Å². The average Bonchev–Trinajstić information content (AvgIpc) is 3.13. The largest absolute Gasteiger partial charge is 0.508 e. The number of nitrogens with one attached hydrogen (secondary N) is 1. The monoisotopic (exact) mass is 402 g/mol. The highest BCUT2D eigenvalue weighted by Gasteiger charge is 2.33. The van der Waals surface area contributed by atoms with Crippen molar-refractivity contribution in [2.24, 2.45) is 7.05 Å². The Bertz CT molecular complexity index is 1410. The summed E-state index contributed by atoms with van der Waals surface area (Å²) in [4.78, 5) is 18.1. The normalized spacial score (nSPS) is 12.8. The lowest BCUT2D eigenvalue weighted by molar-refractivity contribution is 0.102. The molecule has 4 aromatic rings. The minimum absolute atomic E-state index is 0.158. The van der Waals surface area contributed by atoms with Gasteiger partial charge in [0.2, 0.25) is 0 Å². The number of carbonyl (C=O) groups excluding carboxylic acids is 1. The zero-order valence-electron chi connectivity index (χ0n) is 17.5. The molecular weight excluding hydrogens is 380 g/mol. The number of benzene rings is 1. The van der Waals surface area contributed by atoms with Crippen molar-refractivity contribution in [2.45, 2.75) is 27.7 Å². The number of aryl methyl sites for hydroxylation is 3. The van der Waals surface area contributed by atoms with Gasteiger partial charge in [0, 0.05) is 35.5 Å². The van der Waals surface area contributed by atoms with Crippen molar-refractivity contribution >= 4 is 28.4 Å². The number of nitrogens with zero attached hydrogens (tertiary/aromatic N) is 4. The van der Waals surface area contributed by atoms with Crippen LogP contribution in [0.1, 0.15) is 32.7 Å². The number of nitrogens with two attached hydrogens (primary N) is 1. The maximum Gasteiger partial charge on any atom is 0.260 e. The zero-order valence-corrected chi connectivity index (χ0v) is 17.5. The van der Waals surface area contributed by atoms with Gasteiger partial charge >= 0.3 is 0 Å². The fourth-order valence-electron chi connectivity index (χ4n) is 4.40. The van der Waals surface area contributed by atoms with Gasteiger partial charge in [-0.3, -0.25) is 14.0 Å². The van der Waals surface area contributed by atoms with Crippen LogP contribution < -0.4 is 11.1 Å². The van der Waals surface area contributed by atoms with E-state index in [4.69, 9.17) is 10.7 Å². The number of hydrogen-bond donors (Lipinski definition) is 3. The number of pyridine rings is 1. The molecule has 4 N–H and O–H groups in total. The average molecular weight is 402 g/mol. The molecule has 0 saturated carbocycles. The Kier molecular flexibility index (Phi) is 3.56. The van der Waals surface area contributed by atoms with Crippen molar-refractivity contribution in [3.05, 3.63) is 46.3 Å². The van der Waals surface area contributed by atoms with Gasteiger partial charge in [-0.25, -0.2) is 4.98 Å². The highest BCUT2D eigenvalue weighted by Crippen LogP contribution is 2.45. The molecule has 1 aliphatic rings. The highest BCUT2D eigenvalue weighted by atomic mass is 16.3. The summed E-state index contributed by atoms with van der Waals surface area (Å²) in [5, 5.41) is 18.6. The lowest BCUT2D eigenvalue weighted by Crippen LogP contribution is -2.14. The van der Waals surface area contributed by atoms with Crippen LogP contribution in [0, 0.1) is 27.7 Å². The second kappa shape index (κ2) is 5.85. The van der Waals surface area contributed by atoms with E-state index >= 15 is 0 Å². The molecule has 0 fully saturated rings. The number of nitrogen functional groups attached to an aromatic ring is 1. The molecule has 0 aliphatic carbocycles. The van der Waals surface area contributed by atoms with Crippen LogP contribution in [0.5, 0.6) is 5.75 Å². The van der Waals surface area contributed by atoms with E-state index in [1.807, 2.05) is 40.8 Å². The predicted octanol–water partition coefficient (Wildman–Crippen LogP) is 3.51. The van der Waals surface area contributed by atoms with Crippen LogP contribution in [0.15, 0.2) is 18.3 Å². The smallest absolute Gasteiger partial charge is 0.260 e. The Morgan fingerprint density at radius 2 is 1.83 bits per heavy atom. The lowest BCUT2D eigenvalue weighted by Gasteiger charge is -2.16. The van der Waals surface area contributed by atoms with Crippen LogP contribution >= 0.6 is 0 Å². The van der Waals surface area contributed by atoms with Gasteiger partial charge in [0.1, 0.15) is 22.9 Å². The van der Waals surface area contributed by atoms with Gasteiger partial charge in [0.05, 0.1) is 16.9 Å². The van der Waals surface area contributed by atoms with Crippen LogP contribution in [0.2, 0.25) is 0 Å². The zero-order chi connectivity index (χ0) is 21.5. The molecule has 1 aliphatic heterocycles. The maximum atomic E-state index is 13.2. The van der Waals surface area contributed by atoms with Gasteiger partial charge in [-0.15, -0.1) is 0 Å². The number of amides is 1. The van der Waals surface area contributed by atoms with E-state index in [1.54, 1.807) is 21.5 Å². The molecule has 1 amide bonds. The summed E-state index contributed by atoms with van der Waals surface area (Å²) in [5.41, 5.74) is 13.8. The summed E-state index contributed by atoms with van der Waals surface area (Å²) in [6, 6.07) is 3.48. The Hall–Kier alpha value is -3.81. The first-order valence-corrected chi connectivity index (χ1v) is 9.66. The minimum atomic E-state index is -0.301. The number of anilines is 2. The van der Waals surface area contributed by atoms with Crippen LogP contribution in [-0.2, 0) is 7.05 Å². The SMILES string of the molecule is Cc1ccc(O)c(C)c1-n1c(N)c2c3c(c(C)c(C)nc31)-c1nn(C)cc1NC2=O. The highest BCUT2D eigenvalue weighted by molar-refractivity contribution is 6.23. The molecular formula is C22H22N6O2. The van der Waals surface area contributed by atoms with Gasteiger partial charge in [0.15, 0.2) is 0 Å². The summed E-state index contributed by atoms with van der Waals surface area (Å²) >= 11 is 0. The number of rotatable bonds is 1. The van der Waals surface area contributed by atoms with E-state index in [0.717, 1.165) is 28.1 Å². The third-order valence-electron chi connectivity index (χ3n) is 5.99. The summed E-state index contributed by atoms with van der Waals surface area (Å²) in [7, 11) is 1.82. The van der Waals surface area contributed by atoms with Crippen molar-refractivity contribution in [3.8, 4) is 22.7 Å². The Balaban J connectivity index is 2.03. The number of phenolic OH excluding ortho intramolecular Hbond substituents is 1. The van der Waals surface area contributed by atoms with E-state index in [9.17, 15) is 9.90 Å². The second-order valence-electron chi connectivity index (χ2n) is 7.89. The Morgan fingerprint density at radius 3 is 2.57 bits per heavy atom. The summed E-state index contributed by atoms with van der Waals surface area (Å²) in [5.74, 6) is 0.142. The van der Waals surface area contributed by atoms with E-state index in [1.165, 1.54) is 0 Å². The number of fused-ring (bicyclic) bond motifs is 2. The number of hydrogen-bond acceptors (Lipinski definition) is 5. The van der Waals surface area contributed by atoms with E-state index in [2.05, 4.69) is 10.4 Å². The standard InChI is InChI=1S/C22H22N6O2/c1-9-6-7-14(29)11(3)19(9)28-20(23)17-16-15(10(2)12(4)24-21(16)28)18-13(25-22(17)30)8-27(5)26-18/h6-8,29H,23H2,1-5H3,(H,25,30). The Labute approximate surface area is 173 Å². The molecule has 3 aromatic heterocycles. The van der Waals surface area contributed by atoms with Gasteiger partial charge in [0.25, 0.3) is 5.91 Å². The molecule has 0 atom stereocenters. The number of aromatic nitrogens is 4. The summed E-state index contributed by atoms with van der Waals surface area (Å²) < 4.78 is 3.46. The Morgan fingerprint density at radius 1 is 1.10 bits per heavy atom. The molecule has 0 unspecified atom stereocenters. The van der Waals surface area contributed by atoms with Crippen LogP contribution in [0.4, 0.5) is 11.5 Å². The van der Waals surface area contributed by atoms with Crippen molar-refractivity contribution < 1.29 is 9.90 Å². The van der Waals surface area contributed by atoms with Gasteiger partial charge < -0.3 is 16.2 Å². The second-order valence-corrected chi connectivity index (χ2v) is 7.89. The molecule has 0 saturated heterocycles. The number of aromatic hydroxyl groups is 1. The minimum Gasteiger partial charge on any atom is -0.508 e. The summed E-state index contributed by atoms with van der Waals surface area (Å²) in [6.07, 6.45) is 1.79. The molecule has 30 heavy (non-hydrogen) atoms. The van der Waals surface area contributed by atoms with Crippen molar-refractivity contribution in [1.29, 1.82) is 0 Å². The first-order chi connectivity index (χ1) is 14.2. The molecule has 0 spiro atoms. The third-order valence-corrected chi connectivity index (χ3v) is 5.99. The number of phenols is 1. The van der Waals surface area contributed by atoms with Crippen LogP contribution in [0.25, 0.3) is 28.0 Å². The van der Waals surface area contributed by atoms with E-state index < -0.39 is 0 Å². The molecule has 0 bridgehead atoms. The lowest BCUT2D eigenvalue weighted by atomic mass is 9.99. The predicted molar refractivity (Wildman–Crippen MR) is 116 cm³/mol. The van der Waals surface area contributed by atoms with Crippen LogP contribution in [-0.4, -0.2) is 30.3 Å². The first kappa shape index (κ1) is 18.2. The van der Waals surface area contributed by atoms with Gasteiger partial charge in [-0.05, 0) is 44.9 Å². The van der Waals surface area contributed by atoms with E-state index in [-0.39, 0.29) is 17.5 Å².